The minimum absolute atomic E-state index is 0.0200. The van der Waals surface area contributed by atoms with Crippen molar-refractivity contribution >= 4 is 28.6 Å². The van der Waals surface area contributed by atoms with Crippen LogP contribution in [0.15, 0.2) is 34.9 Å². The number of benzene rings is 1. The van der Waals surface area contributed by atoms with Crippen LogP contribution in [0.4, 0.5) is 10.5 Å². The van der Waals surface area contributed by atoms with Crippen molar-refractivity contribution in [3.8, 4) is 0 Å². The molecule has 3 amide bonds. The van der Waals surface area contributed by atoms with Gasteiger partial charge in [0, 0.05) is 44.2 Å². The van der Waals surface area contributed by atoms with Gasteiger partial charge >= 0.3 is 6.03 Å². The number of furan rings is 1. The van der Waals surface area contributed by atoms with Crippen molar-refractivity contribution in [1.82, 2.24) is 14.7 Å². The van der Waals surface area contributed by atoms with Crippen LogP contribution in [0.2, 0.25) is 0 Å². The van der Waals surface area contributed by atoms with E-state index in [2.05, 4.69) is 34.9 Å². The lowest BCUT2D eigenvalue weighted by Crippen LogP contribution is -2.52. The van der Waals surface area contributed by atoms with Crippen molar-refractivity contribution in [2.45, 2.75) is 44.7 Å². The van der Waals surface area contributed by atoms with E-state index in [-0.39, 0.29) is 18.0 Å². The number of rotatable bonds is 6. The molecule has 2 aromatic rings. The van der Waals surface area contributed by atoms with Gasteiger partial charge in [0.2, 0.25) is 0 Å². The summed E-state index contributed by atoms with van der Waals surface area (Å²) < 4.78 is 5.72. The number of piperazine rings is 1. The van der Waals surface area contributed by atoms with Gasteiger partial charge in [-0.3, -0.25) is 14.6 Å². The number of imide groups is 1. The fourth-order valence-electron chi connectivity index (χ4n) is 5.24. The molecule has 0 bridgehead atoms. The number of urea groups is 1. The summed E-state index contributed by atoms with van der Waals surface area (Å²) in [7, 11) is 0. The minimum Gasteiger partial charge on any atom is -0.462 e. The predicted molar refractivity (Wildman–Crippen MR) is 116 cm³/mol. The van der Waals surface area contributed by atoms with Gasteiger partial charge in [-0.05, 0) is 51.3 Å². The van der Waals surface area contributed by atoms with E-state index in [0.717, 1.165) is 69.4 Å². The van der Waals surface area contributed by atoms with Crippen molar-refractivity contribution in [3.63, 3.8) is 0 Å². The monoisotopic (exact) mass is 410 g/mol. The highest BCUT2D eigenvalue weighted by Gasteiger charge is 2.46. The minimum atomic E-state index is -0.177. The molecule has 7 nitrogen and oxygen atoms in total. The van der Waals surface area contributed by atoms with Crippen molar-refractivity contribution in [2.24, 2.45) is 0 Å². The zero-order valence-corrected chi connectivity index (χ0v) is 17.6. The highest BCUT2D eigenvalue weighted by molar-refractivity contribution is 6.04. The van der Waals surface area contributed by atoms with Crippen LogP contribution in [0.25, 0.3) is 11.0 Å². The fraction of sp³-hybridized carbons (Fsp3) is 0.565. The van der Waals surface area contributed by atoms with Gasteiger partial charge in [0.25, 0.3) is 5.91 Å². The van der Waals surface area contributed by atoms with E-state index in [9.17, 15) is 9.59 Å². The quantitative estimate of drug-likeness (QED) is 0.541. The molecule has 5 rings (SSSR count). The first-order valence-corrected chi connectivity index (χ1v) is 11.2. The van der Waals surface area contributed by atoms with Crippen LogP contribution in [0.5, 0.6) is 0 Å². The normalized spacial score (nSPS) is 25.0. The van der Waals surface area contributed by atoms with E-state index in [0.29, 0.717) is 12.6 Å². The Morgan fingerprint density at radius 3 is 2.77 bits per heavy atom. The second-order valence-electron chi connectivity index (χ2n) is 8.78. The molecule has 2 atom stereocenters. The Morgan fingerprint density at radius 1 is 1.07 bits per heavy atom. The molecule has 0 aliphatic carbocycles. The second kappa shape index (κ2) is 7.95. The van der Waals surface area contributed by atoms with Crippen LogP contribution in [0.3, 0.4) is 0 Å². The summed E-state index contributed by atoms with van der Waals surface area (Å²) in [6, 6.07) is 8.53. The average Bonchev–Trinajstić information content (AvgIpc) is 3.46. The smallest absolute Gasteiger partial charge is 0.327 e. The summed E-state index contributed by atoms with van der Waals surface area (Å²) in [5.41, 5.74) is 2.15. The number of fused-ring (bicyclic) bond motifs is 2. The molecule has 0 radical (unpaired) electrons. The number of carbonyl (C=O) groups excluding carboxylic acids is 2. The first kappa shape index (κ1) is 19.4. The number of anilines is 1. The van der Waals surface area contributed by atoms with Crippen molar-refractivity contribution < 1.29 is 14.0 Å². The van der Waals surface area contributed by atoms with Crippen LogP contribution in [-0.2, 0) is 4.79 Å². The summed E-state index contributed by atoms with van der Waals surface area (Å²) in [4.78, 5) is 33.0. The number of unbranched alkanes of at least 4 members (excludes halogenated alkanes) is 1. The van der Waals surface area contributed by atoms with Crippen molar-refractivity contribution in [3.05, 3.63) is 30.5 Å². The van der Waals surface area contributed by atoms with Crippen LogP contribution in [0, 0.1) is 0 Å². The Hall–Kier alpha value is -2.54. The number of hydrogen-bond acceptors (Lipinski definition) is 5. The van der Waals surface area contributed by atoms with Gasteiger partial charge in [-0.2, -0.15) is 0 Å². The molecule has 7 heteroatoms. The van der Waals surface area contributed by atoms with E-state index in [1.54, 1.807) is 11.2 Å². The highest BCUT2D eigenvalue weighted by Crippen LogP contribution is 2.30. The predicted octanol–water partition coefficient (Wildman–Crippen LogP) is 3.15. The summed E-state index contributed by atoms with van der Waals surface area (Å²) in [6.07, 6.45) is 5.41. The maximum atomic E-state index is 12.4. The molecule has 3 fully saturated rings. The van der Waals surface area contributed by atoms with E-state index in [1.807, 2.05) is 6.07 Å². The van der Waals surface area contributed by atoms with Crippen molar-refractivity contribution in [2.75, 3.05) is 44.2 Å². The van der Waals surface area contributed by atoms with Gasteiger partial charge in [-0.25, -0.2) is 4.79 Å². The first-order chi connectivity index (χ1) is 14.6. The van der Waals surface area contributed by atoms with Gasteiger partial charge in [0.05, 0.1) is 12.0 Å². The Labute approximate surface area is 177 Å². The Morgan fingerprint density at radius 2 is 1.93 bits per heavy atom. The molecule has 1 aromatic carbocycles. The number of carbonyl (C=O) groups is 2. The van der Waals surface area contributed by atoms with Gasteiger partial charge < -0.3 is 14.2 Å². The Kier molecular flexibility index (Phi) is 5.15. The summed E-state index contributed by atoms with van der Waals surface area (Å²) in [5, 5.41) is 1.15. The zero-order chi connectivity index (χ0) is 20.7. The second-order valence-corrected chi connectivity index (χ2v) is 8.78. The van der Waals surface area contributed by atoms with Crippen LogP contribution in [0.1, 0.15) is 32.6 Å². The maximum Gasteiger partial charge on any atom is 0.327 e. The topological polar surface area (TPSA) is 60.2 Å². The molecule has 3 aliphatic heterocycles. The van der Waals surface area contributed by atoms with Gasteiger partial charge in [0.15, 0.2) is 5.58 Å². The third-order valence-corrected chi connectivity index (χ3v) is 6.92. The van der Waals surface area contributed by atoms with Gasteiger partial charge in [-0.1, -0.05) is 12.1 Å². The maximum absolute atomic E-state index is 12.4. The molecule has 3 saturated heterocycles. The Balaban J connectivity index is 1.11. The summed E-state index contributed by atoms with van der Waals surface area (Å²) >= 11 is 0. The first-order valence-electron chi connectivity index (χ1n) is 11.2. The van der Waals surface area contributed by atoms with Gasteiger partial charge in [0.1, 0.15) is 6.04 Å². The van der Waals surface area contributed by atoms with E-state index in [1.165, 1.54) is 10.6 Å². The van der Waals surface area contributed by atoms with E-state index < -0.39 is 0 Å². The largest absolute Gasteiger partial charge is 0.462 e. The van der Waals surface area contributed by atoms with E-state index in [4.69, 9.17) is 4.42 Å². The molecule has 4 heterocycles. The molecule has 0 N–H and O–H groups in total. The molecule has 160 valence electrons. The number of para-hydroxylation sites is 1. The molecule has 30 heavy (non-hydrogen) atoms. The van der Waals surface area contributed by atoms with E-state index >= 15 is 0 Å². The highest BCUT2D eigenvalue weighted by atomic mass is 16.3. The molecule has 1 unspecified atom stereocenters. The average molecular weight is 411 g/mol. The lowest BCUT2D eigenvalue weighted by Gasteiger charge is -2.41. The third-order valence-electron chi connectivity index (χ3n) is 6.92. The standard InChI is InChI=1S/C23H30N4O3/c1-17-16-25(19-7-4-6-18-9-15-30-21(18)19)14-13-24(17)10-2-3-11-27-22(28)20-8-5-12-26(20)23(27)29/h4,6-7,9,15,17,20H,2-3,5,8,10-14,16H2,1H3/t17?,20-/m0/s1. The fourth-order valence-corrected chi connectivity index (χ4v) is 5.24. The van der Waals surface area contributed by atoms with Crippen LogP contribution < -0.4 is 4.90 Å². The molecule has 0 spiro atoms. The molecule has 0 saturated carbocycles. The Bertz CT molecular complexity index is 919. The molecule has 1 aromatic heterocycles. The number of nitrogens with zero attached hydrogens (tertiary/aromatic N) is 4. The summed E-state index contributed by atoms with van der Waals surface area (Å²) in [5.74, 6) is 0.0200. The molecular weight excluding hydrogens is 380 g/mol. The zero-order valence-electron chi connectivity index (χ0n) is 17.6. The molecule has 3 aliphatic rings. The SMILES string of the molecule is CC1CN(c2cccc3ccoc23)CCN1CCCCN1C(=O)[C@@H]2CCCN2C1=O. The third kappa shape index (κ3) is 3.35. The lowest BCUT2D eigenvalue weighted by molar-refractivity contribution is -0.128. The lowest BCUT2D eigenvalue weighted by atomic mass is 10.1. The summed E-state index contributed by atoms with van der Waals surface area (Å²) in [6.45, 7) is 7.53. The number of amides is 3. The van der Waals surface area contributed by atoms with Gasteiger partial charge in [-0.15, -0.1) is 0 Å². The molecular formula is C23H30N4O3. The van der Waals surface area contributed by atoms with Crippen LogP contribution in [-0.4, -0.2) is 78.0 Å². The van der Waals surface area contributed by atoms with Crippen molar-refractivity contribution in [1.29, 1.82) is 0 Å². The number of hydrogen-bond donors (Lipinski definition) is 0. The van der Waals surface area contributed by atoms with Crippen LogP contribution >= 0.6 is 0 Å².